The SMILES string of the molecule is CC(=O)c1ccc(OCc2ccccc2)cc1OCC1CO1. The minimum atomic E-state index is -0.0266. The fraction of sp³-hybridized carbons (Fsp3) is 0.278. The van der Waals surface area contributed by atoms with E-state index in [0.717, 1.165) is 12.2 Å². The highest BCUT2D eigenvalue weighted by molar-refractivity contribution is 5.97. The van der Waals surface area contributed by atoms with Gasteiger partial charge in [-0.1, -0.05) is 30.3 Å². The lowest BCUT2D eigenvalue weighted by Crippen LogP contribution is -2.08. The molecule has 0 aromatic heterocycles. The molecule has 0 N–H and O–H groups in total. The number of hydrogen-bond acceptors (Lipinski definition) is 4. The molecule has 0 spiro atoms. The lowest BCUT2D eigenvalue weighted by Gasteiger charge is -2.12. The first kappa shape index (κ1) is 14.6. The highest BCUT2D eigenvalue weighted by Gasteiger charge is 2.24. The van der Waals surface area contributed by atoms with Crippen LogP contribution in [-0.2, 0) is 11.3 Å². The third kappa shape index (κ3) is 3.86. The van der Waals surface area contributed by atoms with Crippen LogP contribution in [-0.4, -0.2) is 25.1 Å². The molecule has 1 aliphatic heterocycles. The Morgan fingerprint density at radius 1 is 1.18 bits per heavy atom. The zero-order valence-corrected chi connectivity index (χ0v) is 12.5. The van der Waals surface area contributed by atoms with E-state index >= 15 is 0 Å². The smallest absolute Gasteiger partial charge is 0.163 e. The van der Waals surface area contributed by atoms with Gasteiger partial charge in [-0.15, -0.1) is 0 Å². The van der Waals surface area contributed by atoms with Crippen LogP contribution in [0.1, 0.15) is 22.8 Å². The van der Waals surface area contributed by atoms with Crippen LogP contribution in [0.15, 0.2) is 48.5 Å². The van der Waals surface area contributed by atoms with Gasteiger partial charge >= 0.3 is 0 Å². The van der Waals surface area contributed by atoms with Crippen LogP contribution in [0.3, 0.4) is 0 Å². The zero-order chi connectivity index (χ0) is 15.4. The molecule has 2 aromatic rings. The van der Waals surface area contributed by atoms with Crippen LogP contribution in [0.5, 0.6) is 11.5 Å². The standard InChI is InChI=1S/C18H18O4/c1-13(19)17-8-7-15(9-18(17)22-12-16-11-21-16)20-10-14-5-3-2-4-6-14/h2-9,16H,10-12H2,1H3. The summed E-state index contributed by atoms with van der Waals surface area (Å²) in [7, 11) is 0. The summed E-state index contributed by atoms with van der Waals surface area (Å²) in [6, 6.07) is 15.2. The average Bonchev–Trinajstić information content (AvgIpc) is 3.36. The highest BCUT2D eigenvalue weighted by Crippen LogP contribution is 2.27. The predicted octanol–water partition coefficient (Wildman–Crippen LogP) is 3.25. The van der Waals surface area contributed by atoms with Gasteiger partial charge in [-0.05, 0) is 24.6 Å². The van der Waals surface area contributed by atoms with Crippen molar-refractivity contribution in [3.63, 3.8) is 0 Å². The van der Waals surface area contributed by atoms with Crippen molar-refractivity contribution in [2.45, 2.75) is 19.6 Å². The summed E-state index contributed by atoms with van der Waals surface area (Å²) in [6.07, 6.45) is 0.147. The molecule has 0 amide bonds. The number of hydrogen-bond donors (Lipinski definition) is 0. The Bertz CT molecular complexity index is 647. The molecule has 3 rings (SSSR count). The Kier molecular flexibility index (Phi) is 4.39. The molecule has 4 heteroatoms. The molecule has 1 fully saturated rings. The van der Waals surface area contributed by atoms with Gasteiger partial charge in [0.05, 0.1) is 12.2 Å². The Hall–Kier alpha value is -2.33. The molecule has 1 aliphatic rings. The van der Waals surface area contributed by atoms with Crippen molar-refractivity contribution in [1.82, 2.24) is 0 Å². The fourth-order valence-electron chi connectivity index (χ4n) is 2.09. The molecule has 4 nitrogen and oxygen atoms in total. The van der Waals surface area contributed by atoms with Crippen LogP contribution in [0.4, 0.5) is 0 Å². The Balaban J connectivity index is 1.70. The van der Waals surface area contributed by atoms with E-state index in [2.05, 4.69) is 0 Å². The monoisotopic (exact) mass is 298 g/mol. The first-order valence-corrected chi connectivity index (χ1v) is 7.28. The molecule has 2 aromatic carbocycles. The van der Waals surface area contributed by atoms with Gasteiger partial charge in [-0.3, -0.25) is 4.79 Å². The zero-order valence-electron chi connectivity index (χ0n) is 12.5. The fourth-order valence-corrected chi connectivity index (χ4v) is 2.09. The van der Waals surface area contributed by atoms with E-state index in [-0.39, 0.29) is 11.9 Å². The summed E-state index contributed by atoms with van der Waals surface area (Å²) in [4.78, 5) is 11.7. The number of carbonyl (C=O) groups excluding carboxylic acids is 1. The number of benzene rings is 2. The molecule has 114 valence electrons. The molecule has 22 heavy (non-hydrogen) atoms. The lowest BCUT2D eigenvalue weighted by atomic mass is 10.1. The van der Waals surface area contributed by atoms with E-state index in [0.29, 0.717) is 30.3 Å². The van der Waals surface area contributed by atoms with E-state index in [1.165, 1.54) is 6.92 Å². The maximum Gasteiger partial charge on any atom is 0.163 e. The summed E-state index contributed by atoms with van der Waals surface area (Å²) < 4.78 is 16.6. The molecule has 0 radical (unpaired) electrons. The van der Waals surface area contributed by atoms with E-state index in [1.54, 1.807) is 18.2 Å². The Labute approximate surface area is 129 Å². The molecule has 0 saturated carbocycles. The predicted molar refractivity (Wildman–Crippen MR) is 82.5 cm³/mol. The van der Waals surface area contributed by atoms with Crippen LogP contribution in [0.2, 0.25) is 0 Å². The third-order valence-electron chi connectivity index (χ3n) is 3.41. The van der Waals surface area contributed by atoms with Crippen molar-refractivity contribution in [3.8, 4) is 11.5 Å². The van der Waals surface area contributed by atoms with Gasteiger partial charge in [-0.2, -0.15) is 0 Å². The average molecular weight is 298 g/mol. The minimum Gasteiger partial charge on any atom is -0.490 e. The van der Waals surface area contributed by atoms with Crippen molar-refractivity contribution >= 4 is 5.78 Å². The molecule has 1 heterocycles. The maximum atomic E-state index is 11.7. The summed E-state index contributed by atoms with van der Waals surface area (Å²) >= 11 is 0. The summed E-state index contributed by atoms with van der Waals surface area (Å²) in [6.45, 7) is 3.19. The second-order valence-electron chi connectivity index (χ2n) is 5.25. The molecule has 1 atom stereocenters. The third-order valence-corrected chi connectivity index (χ3v) is 3.41. The summed E-state index contributed by atoms with van der Waals surface area (Å²) in [5.74, 6) is 1.20. The first-order chi connectivity index (χ1) is 10.7. The van der Waals surface area contributed by atoms with Crippen molar-refractivity contribution in [2.24, 2.45) is 0 Å². The number of Topliss-reactive ketones (excluding diaryl/α,β-unsaturated/α-hetero) is 1. The highest BCUT2D eigenvalue weighted by atomic mass is 16.6. The number of ether oxygens (including phenoxy) is 3. The van der Waals surface area contributed by atoms with Crippen LogP contribution in [0.25, 0.3) is 0 Å². The molecule has 0 aliphatic carbocycles. The van der Waals surface area contributed by atoms with Crippen molar-refractivity contribution in [1.29, 1.82) is 0 Å². The van der Waals surface area contributed by atoms with Gasteiger partial charge < -0.3 is 14.2 Å². The van der Waals surface area contributed by atoms with Gasteiger partial charge in [0.2, 0.25) is 0 Å². The van der Waals surface area contributed by atoms with E-state index in [4.69, 9.17) is 14.2 Å². The van der Waals surface area contributed by atoms with E-state index in [9.17, 15) is 4.79 Å². The lowest BCUT2D eigenvalue weighted by molar-refractivity contribution is 0.101. The van der Waals surface area contributed by atoms with Gasteiger partial charge in [0.25, 0.3) is 0 Å². The molecule has 1 saturated heterocycles. The van der Waals surface area contributed by atoms with E-state index in [1.807, 2.05) is 30.3 Å². The summed E-state index contributed by atoms with van der Waals surface area (Å²) in [5.41, 5.74) is 1.65. The van der Waals surface area contributed by atoms with Gasteiger partial charge in [-0.25, -0.2) is 0 Å². The maximum absolute atomic E-state index is 11.7. The first-order valence-electron chi connectivity index (χ1n) is 7.28. The molecule has 1 unspecified atom stereocenters. The summed E-state index contributed by atoms with van der Waals surface area (Å²) in [5, 5.41) is 0. The molecular weight excluding hydrogens is 280 g/mol. The number of ketones is 1. The Morgan fingerprint density at radius 3 is 2.64 bits per heavy atom. The Morgan fingerprint density at radius 2 is 1.95 bits per heavy atom. The van der Waals surface area contributed by atoms with Crippen molar-refractivity contribution < 1.29 is 19.0 Å². The topological polar surface area (TPSA) is 48.1 Å². The van der Waals surface area contributed by atoms with Gasteiger partial charge in [0.1, 0.15) is 30.8 Å². The van der Waals surface area contributed by atoms with Crippen molar-refractivity contribution in [3.05, 3.63) is 59.7 Å². The number of epoxide rings is 1. The van der Waals surface area contributed by atoms with Crippen molar-refractivity contribution in [2.75, 3.05) is 13.2 Å². The van der Waals surface area contributed by atoms with Crippen LogP contribution in [0, 0.1) is 0 Å². The number of rotatable bonds is 7. The van der Waals surface area contributed by atoms with E-state index < -0.39 is 0 Å². The normalized spacial score (nSPS) is 16.1. The molecule has 0 bridgehead atoms. The number of carbonyl (C=O) groups is 1. The van der Waals surface area contributed by atoms with Crippen LogP contribution >= 0.6 is 0 Å². The minimum absolute atomic E-state index is 0.0266. The molecular formula is C18H18O4. The second kappa shape index (κ2) is 6.62. The second-order valence-corrected chi connectivity index (χ2v) is 5.25. The van der Waals surface area contributed by atoms with Gasteiger partial charge in [0, 0.05) is 6.07 Å². The largest absolute Gasteiger partial charge is 0.490 e. The van der Waals surface area contributed by atoms with Gasteiger partial charge in [0.15, 0.2) is 5.78 Å². The van der Waals surface area contributed by atoms with Crippen LogP contribution < -0.4 is 9.47 Å². The quantitative estimate of drug-likeness (QED) is 0.581.